The van der Waals surface area contributed by atoms with Gasteiger partial charge in [0.15, 0.2) is 0 Å². The SMILES string of the molecule is CC[N+](CC)(CC)CC.CC[N+](CC)(CC)CC.O.[Br-].[Cl-]. The van der Waals surface area contributed by atoms with Crippen LogP contribution in [0, 0.1) is 0 Å². The van der Waals surface area contributed by atoms with Gasteiger partial charge in [-0.3, -0.25) is 0 Å². The van der Waals surface area contributed by atoms with Gasteiger partial charge < -0.3 is 43.8 Å². The van der Waals surface area contributed by atoms with Crippen molar-refractivity contribution < 1.29 is 43.8 Å². The maximum Gasteiger partial charge on any atom is 0.0757 e. The summed E-state index contributed by atoms with van der Waals surface area (Å²) in [7, 11) is 0. The van der Waals surface area contributed by atoms with Crippen LogP contribution in [-0.4, -0.2) is 66.8 Å². The number of rotatable bonds is 8. The molecule has 0 unspecified atom stereocenters. The van der Waals surface area contributed by atoms with Gasteiger partial charge in [0.1, 0.15) is 0 Å². The normalized spacial score (nSPS) is 10.3. The maximum atomic E-state index is 2.27. The zero-order valence-corrected chi connectivity index (χ0v) is 18.1. The van der Waals surface area contributed by atoms with E-state index in [4.69, 9.17) is 0 Å². The quantitative estimate of drug-likeness (QED) is 0.393. The Morgan fingerprint density at radius 1 is 0.429 bits per heavy atom. The molecular weight excluding hydrogens is 352 g/mol. The van der Waals surface area contributed by atoms with E-state index >= 15 is 0 Å². The van der Waals surface area contributed by atoms with Crippen LogP contribution < -0.4 is 29.4 Å². The molecule has 0 fully saturated rings. The molecule has 5 heteroatoms. The van der Waals surface area contributed by atoms with E-state index in [1.807, 2.05) is 0 Å². The molecule has 0 spiro atoms. The molecule has 21 heavy (non-hydrogen) atoms. The fourth-order valence-electron chi connectivity index (χ4n) is 2.68. The van der Waals surface area contributed by atoms with Crippen LogP contribution in [0.5, 0.6) is 0 Å². The highest BCUT2D eigenvalue weighted by atomic mass is 79.9. The number of quaternary nitrogens is 2. The van der Waals surface area contributed by atoms with Crippen molar-refractivity contribution in [3.8, 4) is 0 Å². The summed E-state index contributed by atoms with van der Waals surface area (Å²) >= 11 is 0. The van der Waals surface area contributed by atoms with E-state index in [0.717, 1.165) is 0 Å². The summed E-state index contributed by atoms with van der Waals surface area (Å²) in [5.74, 6) is 0. The fraction of sp³-hybridized carbons (Fsp3) is 1.00. The predicted molar refractivity (Wildman–Crippen MR) is 88.5 cm³/mol. The summed E-state index contributed by atoms with van der Waals surface area (Å²) in [5, 5.41) is 0. The zero-order valence-electron chi connectivity index (χ0n) is 15.8. The second-order valence-corrected chi connectivity index (χ2v) is 5.21. The molecule has 0 bridgehead atoms. The van der Waals surface area contributed by atoms with Crippen LogP contribution in [0.1, 0.15) is 55.4 Å². The highest BCUT2D eigenvalue weighted by Gasteiger charge is 2.16. The third kappa shape index (κ3) is 11.8. The van der Waals surface area contributed by atoms with Crippen molar-refractivity contribution in [3.63, 3.8) is 0 Å². The number of halogens is 2. The molecule has 0 heterocycles. The monoisotopic (exact) mass is 392 g/mol. The van der Waals surface area contributed by atoms with Crippen LogP contribution in [0.25, 0.3) is 0 Å². The summed E-state index contributed by atoms with van der Waals surface area (Å²) in [6, 6.07) is 0. The average molecular weight is 394 g/mol. The Kier molecular flexibility index (Phi) is 29.7. The Bertz CT molecular complexity index is 132. The third-order valence-corrected chi connectivity index (χ3v) is 5.37. The second kappa shape index (κ2) is 18.7. The summed E-state index contributed by atoms with van der Waals surface area (Å²) in [6.45, 7) is 28.4. The molecule has 0 aromatic carbocycles. The molecule has 0 amide bonds. The minimum absolute atomic E-state index is 0. The Labute approximate surface area is 151 Å². The average Bonchev–Trinajstić information content (AvgIpc) is 2.46. The van der Waals surface area contributed by atoms with E-state index in [-0.39, 0.29) is 34.9 Å². The highest BCUT2D eigenvalue weighted by Crippen LogP contribution is 2.03. The first-order valence-electron chi connectivity index (χ1n) is 8.19. The topological polar surface area (TPSA) is 31.5 Å². The van der Waals surface area contributed by atoms with Crippen molar-refractivity contribution in [1.82, 2.24) is 0 Å². The largest absolute Gasteiger partial charge is 1.00 e. The minimum Gasteiger partial charge on any atom is -1.00 e. The van der Waals surface area contributed by atoms with Gasteiger partial charge in [-0.05, 0) is 55.4 Å². The number of nitrogens with zero attached hydrogens (tertiary/aromatic N) is 2. The molecule has 136 valence electrons. The second-order valence-electron chi connectivity index (χ2n) is 5.21. The van der Waals surface area contributed by atoms with Crippen LogP contribution in [0.4, 0.5) is 0 Å². The molecule has 0 saturated carbocycles. The molecule has 0 aromatic heterocycles. The first-order chi connectivity index (χ1) is 8.49. The smallest absolute Gasteiger partial charge is 0.0757 e. The summed E-state index contributed by atoms with van der Waals surface area (Å²) in [5.41, 5.74) is 0. The van der Waals surface area contributed by atoms with Crippen molar-refractivity contribution in [2.45, 2.75) is 55.4 Å². The number of hydrogen-bond donors (Lipinski definition) is 0. The Morgan fingerprint density at radius 3 is 0.524 bits per heavy atom. The van der Waals surface area contributed by atoms with Gasteiger partial charge in [0.05, 0.1) is 52.4 Å². The summed E-state index contributed by atoms with van der Waals surface area (Å²) in [6.07, 6.45) is 0. The van der Waals surface area contributed by atoms with Gasteiger partial charge in [0, 0.05) is 0 Å². The molecule has 0 aliphatic heterocycles. The van der Waals surface area contributed by atoms with Gasteiger partial charge in [-0.2, -0.15) is 0 Å². The molecule has 0 radical (unpaired) electrons. The lowest BCUT2D eigenvalue weighted by molar-refractivity contribution is -0.921. The van der Waals surface area contributed by atoms with Gasteiger partial charge in [0.25, 0.3) is 0 Å². The van der Waals surface area contributed by atoms with E-state index in [9.17, 15) is 0 Å². The lowest BCUT2D eigenvalue weighted by Gasteiger charge is -2.34. The molecule has 0 aliphatic carbocycles. The lowest BCUT2D eigenvalue weighted by atomic mass is 10.3. The van der Waals surface area contributed by atoms with Crippen molar-refractivity contribution in [2.75, 3.05) is 52.4 Å². The molecule has 0 aromatic rings. The van der Waals surface area contributed by atoms with Crippen molar-refractivity contribution in [1.29, 1.82) is 0 Å². The van der Waals surface area contributed by atoms with Gasteiger partial charge >= 0.3 is 0 Å². The van der Waals surface area contributed by atoms with Gasteiger partial charge in [0.2, 0.25) is 0 Å². The van der Waals surface area contributed by atoms with Crippen molar-refractivity contribution in [3.05, 3.63) is 0 Å². The maximum absolute atomic E-state index is 2.27. The summed E-state index contributed by atoms with van der Waals surface area (Å²) < 4.78 is 2.56. The molecule has 0 aliphatic rings. The minimum atomic E-state index is 0. The fourth-order valence-corrected chi connectivity index (χ4v) is 2.68. The first-order valence-corrected chi connectivity index (χ1v) is 8.19. The van der Waals surface area contributed by atoms with Crippen LogP contribution in [0.15, 0.2) is 0 Å². The van der Waals surface area contributed by atoms with Gasteiger partial charge in [-0.1, -0.05) is 0 Å². The Balaban J connectivity index is -0.0000000711. The van der Waals surface area contributed by atoms with E-state index < -0.39 is 0 Å². The predicted octanol–water partition coefficient (Wildman–Crippen LogP) is -3.05. The lowest BCUT2D eigenvalue weighted by Crippen LogP contribution is -3.00. The third-order valence-electron chi connectivity index (χ3n) is 5.37. The van der Waals surface area contributed by atoms with Crippen LogP contribution in [0.2, 0.25) is 0 Å². The van der Waals surface area contributed by atoms with Crippen LogP contribution >= 0.6 is 0 Å². The van der Waals surface area contributed by atoms with E-state index in [0.29, 0.717) is 0 Å². The number of hydrogen-bond acceptors (Lipinski definition) is 0. The van der Waals surface area contributed by atoms with Crippen molar-refractivity contribution in [2.24, 2.45) is 0 Å². The van der Waals surface area contributed by atoms with Crippen LogP contribution in [-0.2, 0) is 0 Å². The van der Waals surface area contributed by atoms with E-state index in [2.05, 4.69) is 55.4 Å². The molecule has 3 nitrogen and oxygen atoms in total. The standard InChI is InChI=1S/2C8H20N.BrH.ClH.H2O/c2*1-5-9(6-2,7-3)8-4;;;/h2*5-8H2,1-4H3;2*1H;1H2/q2*+1;;;/p-2. The summed E-state index contributed by atoms with van der Waals surface area (Å²) in [4.78, 5) is 0. The first kappa shape index (κ1) is 33.3. The highest BCUT2D eigenvalue weighted by molar-refractivity contribution is 4.31. The van der Waals surface area contributed by atoms with Crippen LogP contribution in [0.3, 0.4) is 0 Å². The molecular formula is C16H42BrClN2O. The van der Waals surface area contributed by atoms with E-state index in [1.165, 1.54) is 61.3 Å². The van der Waals surface area contributed by atoms with Crippen molar-refractivity contribution >= 4 is 0 Å². The van der Waals surface area contributed by atoms with Gasteiger partial charge in [-0.25, -0.2) is 0 Å². The zero-order chi connectivity index (χ0) is 14.7. The van der Waals surface area contributed by atoms with E-state index in [1.54, 1.807) is 0 Å². The van der Waals surface area contributed by atoms with Gasteiger partial charge in [-0.15, -0.1) is 0 Å². The molecule has 0 saturated heterocycles. The Morgan fingerprint density at radius 2 is 0.524 bits per heavy atom. The molecule has 0 atom stereocenters. The Hall–Kier alpha value is 0.650. The molecule has 2 N–H and O–H groups in total. The molecule has 0 rings (SSSR count).